The van der Waals surface area contributed by atoms with Crippen LogP contribution in [0.4, 0.5) is 0 Å². The molecule has 1 aromatic carbocycles. The zero-order valence-corrected chi connectivity index (χ0v) is 15.5. The van der Waals surface area contributed by atoms with Crippen molar-refractivity contribution in [2.24, 2.45) is 0 Å². The maximum absolute atomic E-state index is 13.0. The number of hydrogen-bond donors (Lipinski definition) is 1. The number of hydrogen-bond acceptors (Lipinski definition) is 7. The van der Waals surface area contributed by atoms with Gasteiger partial charge in [0.2, 0.25) is 17.7 Å². The van der Waals surface area contributed by atoms with Crippen LogP contribution in [0.15, 0.2) is 22.7 Å². The Kier molecular flexibility index (Phi) is 5.58. The lowest BCUT2D eigenvalue weighted by Crippen LogP contribution is -2.58. The van der Waals surface area contributed by atoms with Gasteiger partial charge in [0.15, 0.2) is 5.82 Å². The minimum Gasteiger partial charge on any atom is -0.497 e. The fourth-order valence-corrected chi connectivity index (χ4v) is 3.09. The molecule has 2 amide bonds. The third kappa shape index (κ3) is 4.18. The number of methoxy groups -OCH3 is 2. The number of rotatable bonds is 6. The van der Waals surface area contributed by atoms with E-state index in [9.17, 15) is 9.59 Å². The molecule has 144 valence electrons. The van der Waals surface area contributed by atoms with E-state index >= 15 is 0 Å². The number of amides is 2. The van der Waals surface area contributed by atoms with Gasteiger partial charge in [0.25, 0.3) is 0 Å². The van der Waals surface area contributed by atoms with E-state index in [1.165, 1.54) is 0 Å². The molecule has 27 heavy (non-hydrogen) atoms. The molecule has 1 aliphatic heterocycles. The first-order valence-electron chi connectivity index (χ1n) is 8.59. The third-order valence-electron chi connectivity index (χ3n) is 4.42. The first-order chi connectivity index (χ1) is 13.0. The number of ether oxygens (including phenoxy) is 2. The van der Waals surface area contributed by atoms with Gasteiger partial charge in [0, 0.05) is 18.7 Å². The van der Waals surface area contributed by atoms with Crippen molar-refractivity contribution in [2.45, 2.75) is 25.8 Å². The van der Waals surface area contributed by atoms with E-state index in [1.807, 2.05) is 0 Å². The van der Waals surface area contributed by atoms with Gasteiger partial charge in [-0.1, -0.05) is 5.16 Å². The number of carbonyl (C=O) groups excluding carboxylic acids is 2. The van der Waals surface area contributed by atoms with Crippen LogP contribution < -0.4 is 14.8 Å². The molecule has 1 aliphatic rings. The topological polar surface area (TPSA) is 107 Å². The van der Waals surface area contributed by atoms with Gasteiger partial charge < -0.3 is 24.2 Å². The van der Waals surface area contributed by atoms with Crippen molar-refractivity contribution in [1.29, 1.82) is 0 Å². The first-order valence-corrected chi connectivity index (χ1v) is 8.59. The summed E-state index contributed by atoms with van der Waals surface area (Å²) in [6, 6.07) is 4.59. The van der Waals surface area contributed by atoms with Crippen molar-refractivity contribution in [3.8, 4) is 11.5 Å². The molecule has 1 fully saturated rings. The second kappa shape index (κ2) is 8.07. The second-order valence-corrected chi connectivity index (χ2v) is 6.19. The molecule has 0 saturated carbocycles. The van der Waals surface area contributed by atoms with E-state index in [2.05, 4.69) is 15.5 Å². The number of nitrogens with one attached hydrogen (secondary N) is 1. The molecule has 1 atom stereocenters. The number of nitrogens with zero attached hydrogens (tertiary/aromatic N) is 3. The highest BCUT2D eigenvalue weighted by atomic mass is 16.5. The van der Waals surface area contributed by atoms with E-state index in [-0.39, 0.29) is 24.7 Å². The monoisotopic (exact) mass is 374 g/mol. The van der Waals surface area contributed by atoms with E-state index < -0.39 is 6.04 Å². The summed E-state index contributed by atoms with van der Waals surface area (Å²) in [5.41, 5.74) is 0.695. The number of benzene rings is 1. The Labute approximate surface area is 156 Å². The van der Waals surface area contributed by atoms with Crippen molar-refractivity contribution in [3.05, 3.63) is 35.5 Å². The molecule has 1 N–H and O–H groups in total. The number of piperazine rings is 1. The summed E-state index contributed by atoms with van der Waals surface area (Å²) in [6.07, 6.45) is 0.265. The highest BCUT2D eigenvalue weighted by Crippen LogP contribution is 2.25. The Balaban J connectivity index is 1.80. The van der Waals surface area contributed by atoms with Gasteiger partial charge in [0.1, 0.15) is 17.5 Å². The lowest BCUT2D eigenvalue weighted by atomic mass is 10.0. The molecule has 1 saturated heterocycles. The van der Waals surface area contributed by atoms with Crippen molar-refractivity contribution in [3.63, 3.8) is 0 Å². The summed E-state index contributed by atoms with van der Waals surface area (Å²) in [5.74, 6) is 1.62. The predicted molar refractivity (Wildman–Crippen MR) is 94.5 cm³/mol. The Morgan fingerprint density at radius 1 is 1.37 bits per heavy atom. The summed E-state index contributed by atoms with van der Waals surface area (Å²) in [6.45, 7) is 2.51. The van der Waals surface area contributed by atoms with Crippen LogP contribution in [0.5, 0.6) is 11.5 Å². The quantitative estimate of drug-likeness (QED) is 0.785. The van der Waals surface area contributed by atoms with Crippen LogP contribution in [0.3, 0.4) is 0 Å². The van der Waals surface area contributed by atoms with Gasteiger partial charge in [-0.2, -0.15) is 4.98 Å². The van der Waals surface area contributed by atoms with Crippen LogP contribution in [0.25, 0.3) is 0 Å². The van der Waals surface area contributed by atoms with Crippen LogP contribution in [0.1, 0.15) is 17.3 Å². The van der Waals surface area contributed by atoms with Gasteiger partial charge in [0.05, 0.1) is 27.1 Å². The van der Waals surface area contributed by atoms with Gasteiger partial charge in [-0.3, -0.25) is 9.59 Å². The van der Waals surface area contributed by atoms with Crippen LogP contribution in [0.2, 0.25) is 0 Å². The van der Waals surface area contributed by atoms with E-state index in [0.29, 0.717) is 41.9 Å². The van der Waals surface area contributed by atoms with Crippen molar-refractivity contribution < 1.29 is 23.6 Å². The Morgan fingerprint density at radius 3 is 2.85 bits per heavy atom. The fourth-order valence-electron chi connectivity index (χ4n) is 3.09. The normalized spacial score (nSPS) is 16.8. The maximum Gasteiger partial charge on any atom is 0.243 e. The maximum atomic E-state index is 13.0. The molecule has 9 nitrogen and oxygen atoms in total. The lowest BCUT2D eigenvalue weighted by molar-refractivity contribution is -0.142. The largest absolute Gasteiger partial charge is 0.497 e. The SMILES string of the molecule is COc1ccc(OC)c(CC(=O)N2CCNC(=O)C2Cc2nc(C)no2)c1. The van der Waals surface area contributed by atoms with Gasteiger partial charge >= 0.3 is 0 Å². The van der Waals surface area contributed by atoms with E-state index in [4.69, 9.17) is 14.0 Å². The van der Waals surface area contributed by atoms with Crippen LogP contribution in [-0.4, -0.2) is 60.2 Å². The van der Waals surface area contributed by atoms with E-state index in [1.54, 1.807) is 44.2 Å². The average Bonchev–Trinajstić information content (AvgIpc) is 3.08. The Hall–Kier alpha value is -3.10. The fraction of sp³-hybridized carbons (Fsp3) is 0.444. The minimum atomic E-state index is -0.692. The lowest BCUT2D eigenvalue weighted by Gasteiger charge is -2.34. The molecule has 0 radical (unpaired) electrons. The van der Waals surface area contributed by atoms with Gasteiger partial charge in [-0.25, -0.2) is 0 Å². The number of carbonyl (C=O) groups is 2. The number of aromatic nitrogens is 2. The molecular formula is C18H22N4O5. The van der Waals surface area contributed by atoms with Gasteiger partial charge in [-0.15, -0.1) is 0 Å². The zero-order chi connectivity index (χ0) is 19.4. The molecule has 0 aliphatic carbocycles. The van der Waals surface area contributed by atoms with E-state index in [0.717, 1.165) is 0 Å². The number of aryl methyl sites for hydroxylation is 1. The van der Waals surface area contributed by atoms with Crippen LogP contribution in [0, 0.1) is 6.92 Å². The molecule has 2 aromatic rings. The first kappa shape index (κ1) is 18.7. The van der Waals surface area contributed by atoms with Crippen LogP contribution in [-0.2, 0) is 22.4 Å². The summed E-state index contributed by atoms with van der Waals surface area (Å²) in [5, 5.41) is 6.52. The molecule has 9 heteroatoms. The summed E-state index contributed by atoms with van der Waals surface area (Å²) in [4.78, 5) is 31.0. The Morgan fingerprint density at radius 2 is 2.19 bits per heavy atom. The molecular weight excluding hydrogens is 352 g/mol. The predicted octanol–water partition coefficient (Wildman–Crippen LogP) is 0.507. The Bertz CT molecular complexity index is 835. The second-order valence-electron chi connectivity index (χ2n) is 6.19. The summed E-state index contributed by atoms with van der Waals surface area (Å²) >= 11 is 0. The summed E-state index contributed by atoms with van der Waals surface area (Å²) < 4.78 is 15.7. The minimum absolute atomic E-state index is 0.0903. The highest BCUT2D eigenvalue weighted by molar-refractivity contribution is 5.90. The van der Waals surface area contributed by atoms with Gasteiger partial charge in [-0.05, 0) is 25.1 Å². The molecule has 1 aromatic heterocycles. The smallest absolute Gasteiger partial charge is 0.243 e. The summed E-state index contributed by atoms with van der Waals surface area (Å²) in [7, 11) is 3.11. The van der Waals surface area contributed by atoms with Crippen LogP contribution >= 0.6 is 0 Å². The average molecular weight is 374 g/mol. The molecule has 1 unspecified atom stereocenters. The highest BCUT2D eigenvalue weighted by Gasteiger charge is 2.34. The van der Waals surface area contributed by atoms with Crippen molar-refractivity contribution in [1.82, 2.24) is 20.4 Å². The molecule has 0 bridgehead atoms. The molecule has 3 rings (SSSR count). The standard InChI is InChI=1S/C18H22N4O5/c1-11-20-16(27-21-11)10-14-18(24)19-6-7-22(14)17(23)9-12-8-13(25-2)4-5-15(12)26-3/h4-5,8,14H,6-7,9-10H2,1-3H3,(H,19,24). The van der Waals surface area contributed by atoms with Crippen molar-refractivity contribution >= 4 is 11.8 Å². The zero-order valence-electron chi connectivity index (χ0n) is 15.5. The molecule has 0 spiro atoms. The molecule has 2 heterocycles. The van der Waals surface area contributed by atoms with Crippen molar-refractivity contribution in [2.75, 3.05) is 27.3 Å². The third-order valence-corrected chi connectivity index (χ3v) is 4.42.